The van der Waals surface area contributed by atoms with Crippen LogP contribution < -0.4 is 15.4 Å². The fourth-order valence-electron chi connectivity index (χ4n) is 2.98. The summed E-state index contributed by atoms with van der Waals surface area (Å²) in [5, 5.41) is 10.1. The Labute approximate surface area is 151 Å². The molecule has 0 spiro atoms. The number of carbonyl (C=O) groups is 1. The molecule has 3 aromatic rings. The van der Waals surface area contributed by atoms with E-state index in [0.29, 0.717) is 19.0 Å². The molecule has 0 unspecified atom stereocenters. The highest BCUT2D eigenvalue weighted by molar-refractivity contribution is 5.74. The Bertz CT molecular complexity index is 894. The average Bonchev–Trinajstić information content (AvgIpc) is 3.22. The molecule has 0 aliphatic carbocycles. The van der Waals surface area contributed by atoms with Crippen LogP contribution in [0.3, 0.4) is 0 Å². The number of hydrogen-bond donors (Lipinski definition) is 2. The second-order valence-corrected chi connectivity index (χ2v) is 6.03. The van der Waals surface area contributed by atoms with Crippen molar-refractivity contribution in [2.75, 3.05) is 6.61 Å². The van der Waals surface area contributed by atoms with Gasteiger partial charge in [-0.25, -0.2) is 14.5 Å². The van der Waals surface area contributed by atoms with Crippen LogP contribution >= 0.6 is 0 Å². The summed E-state index contributed by atoms with van der Waals surface area (Å²) in [4.78, 5) is 16.6. The number of aromatic nitrogens is 3. The monoisotopic (exact) mass is 349 g/mol. The molecule has 132 valence electrons. The van der Waals surface area contributed by atoms with Crippen LogP contribution in [0.25, 0.3) is 5.82 Å². The quantitative estimate of drug-likeness (QED) is 0.759. The first-order valence-electron chi connectivity index (χ1n) is 8.50. The Hall–Kier alpha value is -3.35. The van der Waals surface area contributed by atoms with Gasteiger partial charge in [-0.15, -0.1) is 0 Å². The van der Waals surface area contributed by atoms with Crippen molar-refractivity contribution in [2.24, 2.45) is 0 Å². The van der Waals surface area contributed by atoms with Crippen molar-refractivity contribution in [3.05, 3.63) is 72.2 Å². The number of nitrogens with one attached hydrogen (secondary N) is 2. The van der Waals surface area contributed by atoms with Crippen LogP contribution in [0, 0.1) is 0 Å². The Morgan fingerprint density at radius 3 is 3.04 bits per heavy atom. The van der Waals surface area contributed by atoms with Gasteiger partial charge in [-0.2, -0.15) is 5.10 Å². The van der Waals surface area contributed by atoms with E-state index in [0.717, 1.165) is 23.3 Å². The summed E-state index contributed by atoms with van der Waals surface area (Å²) < 4.78 is 7.31. The van der Waals surface area contributed by atoms with E-state index >= 15 is 0 Å². The summed E-state index contributed by atoms with van der Waals surface area (Å²) in [5.74, 6) is 1.55. The third kappa shape index (κ3) is 3.51. The number of benzene rings is 1. The van der Waals surface area contributed by atoms with E-state index in [2.05, 4.69) is 20.7 Å². The van der Waals surface area contributed by atoms with E-state index in [1.165, 1.54) is 0 Å². The maximum atomic E-state index is 12.3. The fraction of sp³-hybridized carbons (Fsp3) is 0.211. The molecule has 7 heteroatoms. The molecule has 0 bridgehead atoms. The van der Waals surface area contributed by atoms with Crippen molar-refractivity contribution in [3.8, 4) is 11.6 Å². The summed E-state index contributed by atoms with van der Waals surface area (Å²) >= 11 is 0. The first-order chi connectivity index (χ1) is 12.8. The van der Waals surface area contributed by atoms with Crippen molar-refractivity contribution >= 4 is 6.03 Å². The minimum absolute atomic E-state index is 0.0444. The van der Waals surface area contributed by atoms with Crippen molar-refractivity contribution < 1.29 is 9.53 Å². The van der Waals surface area contributed by atoms with Gasteiger partial charge in [0.05, 0.1) is 12.6 Å². The molecule has 2 aromatic heterocycles. The van der Waals surface area contributed by atoms with Crippen molar-refractivity contribution in [2.45, 2.75) is 19.0 Å². The molecule has 0 saturated heterocycles. The van der Waals surface area contributed by atoms with Crippen LogP contribution in [0.4, 0.5) is 4.79 Å². The van der Waals surface area contributed by atoms with E-state index in [9.17, 15) is 4.79 Å². The van der Waals surface area contributed by atoms with E-state index in [1.807, 2.05) is 48.7 Å². The van der Waals surface area contributed by atoms with Gasteiger partial charge in [-0.1, -0.05) is 18.2 Å². The van der Waals surface area contributed by atoms with E-state index in [1.54, 1.807) is 17.1 Å². The van der Waals surface area contributed by atoms with Crippen LogP contribution in [0.5, 0.6) is 5.75 Å². The lowest BCUT2D eigenvalue weighted by Gasteiger charge is -2.26. The molecule has 2 N–H and O–H groups in total. The Morgan fingerprint density at radius 2 is 2.15 bits per heavy atom. The lowest BCUT2D eigenvalue weighted by molar-refractivity contribution is 0.223. The van der Waals surface area contributed by atoms with Gasteiger partial charge in [0.2, 0.25) is 0 Å². The van der Waals surface area contributed by atoms with E-state index in [4.69, 9.17) is 4.74 Å². The highest BCUT2D eigenvalue weighted by atomic mass is 16.5. The van der Waals surface area contributed by atoms with Gasteiger partial charge in [-0.05, 0) is 29.8 Å². The molecular formula is C19H19N5O2. The zero-order chi connectivity index (χ0) is 17.8. The van der Waals surface area contributed by atoms with E-state index < -0.39 is 0 Å². The number of para-hydroxylation sites is 1. The molecule has 7 nitrogen and oxygen atoms in total. The smallest absolute Gasteiger partial charge is 0.315 e. The SMILES string of the molecule is O=C(NCc1ccnc(-n2cccn2)c1)N[C@H]1CCOc2ccccc21. The first-order valence-corrected chi connectivity index (χ1v) is 8.50. The highest BCUT2D eigenvalue weighted by Crippen LogP contribution is 2.31. The molecule has 0 radical (unpaired) electrons. The summed E-state index contributed by atoms with van der Waals surface area (Å²) in [6, 6.07) is 13.2. The minimum atomic E-state index is -0.204. The third-order valence-electron chi connectivity index (χ3n) is 4.27. The van der Waals surface area contributed by atoms with Gasteiger partial charge in [0.15, 0.2) is 5.82 Å². The van der Waals surface area contributed by atoms with Crippen molar-refractivity contribution in [1.29, 1.82) is 0 Å². The van der Waals surface area contributed by atoms with Gasteiger partial charge >= 0.3 is 6.03 Å². The predicted octanol–water partition coefficient (Wildman–Crippen LogP) is 2.59. The average molecular weight is 349 g/mol. The zero-order valence-corrected chi connectivity index (χ0v) is 14.1. The van der Waals surface area contributed by atoms with Crippen LogP contribution in [0.1, 0.15) is 23.6 Å². The van der Waals surface area contributed by atoms with Crippen LogP contribution in [-0.2, 0) is 6.54 Å². The lowest BCUT2D eigenvalue weighted by Crippen LogP contribution is -2.39. The normalized spacial score (nSPS) is 15.6. The van der Waals surface area contributed by atoms with Crippen molar-refractivity contribution in [1.82, 2.24) is 25.4 Å². The van der Waals surface area contributed by atoms with Crippen LogP contribution in [0.2, 0.25) is 0 Å². The Balaban J connectivity index is 1.37. The number of fused-ring (bicyclic) bond motifs is 1. The number of hydrogen-bond acceptors (Lipinski definition) is 4. The molecule has 1 aromatic carbocycles. The first kappa shape index (κ1) is 16.1. The van der Waals surface area contributed by atoms with Gasteiger partial charge in [0.1, 0.15) is 5.75 Å². The molecule has 3 heterocycles. The maximum Gasteiger partial charge on any atom is 0.315 e. The molecule has 1 aliphatic rings. The Morgan fingerprint density at radius 1 is 1.23 bits per heavy atom. The third-order valence-corrected chi connectivity index (χ3v) is 4.27. The molecule has 2 amide bonds. The number of ether oxygens (including phenoxy) is 1. The number of urea groups is 1. The summed E-state index contributed by atoms with van der Waals surface area (Å²) in [6.07, 6.45) is 5.99. The molecular weight excluding hydrogens is 330 g/mol. The number of amides is 2. The topological polar surface area (TPSA) is 81.1 Å². The van der Waals surface area contributed by atoms with Crippen LogP contribution in [-0.4, -0.2) is 27.4 Å². The van der Waals surface area contributed by atoms with Gasteiger partial charge in [0, 0.05) is 37.1 Å². The summed E-state index contributed by atoms with van der Waals surface area (Å²) in [6.45, 7) is 1.01. The number of nitrogens with zero attached hydrogens (tertiary/aromatic N) is 3. The lowest BCUT2D eigenvalue weighted by atomic mass is 10.0. The van der Waals surface area contributed by atoms with E-state index in [-0.39, 0.29) is 12.1 Å². The number of pyridine rings is 1. The maximum absolute atomic E-state index is 12.3. The summed E-state index contributed by atoms with van der Waals surface area (Å²) in [7, 11) is 0. The minimum Gasteiger partial charge on any atom is -0.493 e. The van der Waals surface area contributed by atoms with Crippen LogP contribution in [0.15, 0.2) is 61.1 Å². The molecule has 26 heavy (non-hydrogen) atoms. The zero-order valence-electron chi connectivity index (χ0n) is 14.1. The molecule has 0 saturated carbocycles. The molecule has 1 atom stereocenters. The fourth-order valence-corrected chi connectivity index (χ4v) is 2.98. The molecule has 1 aliphatic heterocycles. The highest BCUT2D eigenvalue weighted by Gasteiger charge is 2.22. The van der Waals surface area contributed by atoms with Crippen molar-refractivity contribution in [3.63, 3.8) is 0 Å². The second-order valence-electron chi connectivity index (χ2n) is 6.03. The van der Waals surface area contributed by atoms with Gasteiger partial charge < -0.3 is 15.4 Å². The molecule has 0 fully saturated rings. The standard InChI is InChI=1S/C19H19N5O2/c25-19(23-16-7-11-26-17-5-2-1-4-15(16)17)21-13-14-6-9-20-18(12-14)24-10-3-8-22-24/h1-6,8-10,12,16H,7,11,13H2,(H2,21,23,25)/t16-/m0/s1. The van der Waals surface area contributed by atoms with Gasteiger partial charge in [0.25, 0.3) is 0 Å². The predicted molar refractivity (Wildman–Crippen MR) is 96.0 cm³/mol. The largest absolute Gasteiger partial charge is 0.493 e. The second kappa shape index (κ2) is 7.26. The Kier molecular flexibility index (Phi) is 4.51. The number of carbonyl (C=O) groups excluding carboxylic acids is 1. The van der Waals surface area contributed by atoms with Gasteiger partial charge in [-0.3, -0.25) is 0 Å². The number of rotatable bonds is 4. The summed E-state index contributed by atoms with van der Waals surface area (Å²) in [5.41, 5.74) is 1.96. The molecule has 4 rings (SSSR count).